The van der Waals surface area contributed by atoms with Crippen LogP contribution in [0, 0.1) is 0 Å². The number of halogens is 2. The Labute approximate surface area is 115 Å². The molecule has 2 aromatic rings. The summed E-state index contributed by atoms with van der Waals surface area (Å²) >= 11 is 0. The van der Waals surface area contributed by atoms with Crippen molar-refractivity contribution in [2.75, 3.05) is 6.61 Å². The molecule has 3 N–H and O–H groups in total. The van der Waals surface area contributed by atoms with Gasteiger partial charge in [0.05, 0.1) is 6.04 Å². The lowest BCUT2D eigenvalue weighted by Gasteiger charge is -2.22. The van der Waals surface area contributed by atoms with Gasteiger partial charge in [-0.15, -0.1) is 0 Å². The van der Waals surface area contributed by atoms with Crippen LogP contribution in [-0.2, 0) is 0 Å². The Bertz CT molecular complexity index is 561. The van der Waals surface area contributed by atoms with Crippen molar-refractivity contribution in [3.63, 3.8) is 0 Å². The molecule has 1 atom stereocenters. The van der Waals surface area contributed by atoms with Crippen LogP contribution >= 0.6 is 0 Å². The van der Waals surface area contributed by atoms with Gasteiger partial charge in [0.15, 0.2) is 0 Å². The van der Waals surface area contributed by atoms with Crippen molar-refractivity contribution < 1.29 is 18.6 Å². The maximum Gasteiger partial charge on any atom is 0.289 e. The second-order valence-corrected chi connectivity index (χ2v) is 4.38. The van der Waals surface area contributed by atoms with E-state index in [-0.39, 0.29) is 5.56 Å². The predicted octanol–water partition coefficient (Wildman–Crippen LogP) is 3.11. The van der Waals surface area contributed by atoms with E-state index in [9.17, 15) is 8.78 Å². The number of ether oxygens (including phenoxy) is 1. The Balaban J connectivity index is 2.20. The smallest absolute Gasteiger partial charge is 0.289 e. The van der Waals surface area contributed by atoms with Gasteiger partial charge in [-0.05, 0) is 29.8 Å². The largest absolute Gasteiger partial charge is 0.457 e. The normalized spacial score (nSPS) is 13.0. The summed E-state index contributed by atoms with van der Waals surface area (Å²) in [4.78, 5) is 0. The number of aliphatic hydroxyl groups is 1. The molecule has 0 aliphatic carbocycles. The first-order valence-corrected chi connectivity index (χ1v) is 6.10. The quantitative estimate of drug-likeness (QED) is 0.884. The van der Waals surface area contributed by atoms with E-state index in [1.54, 1.807) is 24.3 Å². The van der Waals surface area contributed by atoms with Crippen LogP contribution in [0.2, 0.25) is 0 Å². The summed E-state index contributed by atoms with van der Waals surface area (Å²) in [6.07, 6.45) is 0. The number of para-hydroxylation sites is 1. The first-order chi connectivity index (χ1) is 9.53. The summed E-state index contributed by atoms with van der Waals surface area (Å²) in [5.41, 5.74) is 5.69. The molecule has 0 unspecified atom stereocenters. The average Bonchev–Trinajstić information content (AvgIpc) is 2.48. The standard InChI is InChI=1S/C15H15F2NO2/c16-15(17,10-19)14(18)11-5-4-8-13(9-11)20-12-6-2-1-3-7-12/h1-9,14,19H,10,18H2/t14-/m0/s1. The van der Waals surface area contributed by atoms with Crippen molar-refractivity contribution in [1.82, 2.24) is 0 Å². The minimum atomic E-state index is -3.37. The first-order valence-electron chi connectivity index (χ1n) is 6.10. The molecule has 0 saturated carbocycles. The second-order valence-electron chi connectivity index (χ2n) is 4.38. The number of hydrogen-bond acceptors (Lipinski definition) is 3. The molecule has 20 heavy (non-hydrogen) atoms. The number of benzene rings is 2. The highest BCUT2D eigenvalue weighted by molar-refractivity contribution is 5.35. The number of alkyl halides is 2. The zero-order valence-corrected chi connectivity index (χ0v) is 10.7. The van der Waals surface area contributed by atoms with Gasteiger partial charge >= 0.3 is 0 Å². The van der Waals surface area contributed by atoms with Gasteiger partial charge in [-0.25, -0.2) is 8.78 Å². The van der Waals surface area contributed by atoms with Gasteiger partial charge in [-0.1, -0.05) is 30.3 Å². The maximum atomic E-state index is 13.4. The van der Waals surface area contributed by atoms with Crippen LogP contribution in [0.1, 0.15) is 11.6 Å². The third-order valence-electron chi connectivity index (χ3n) is 2.86. The van der Waals surface area contributed by atoms with Crippen molar-refractivity contribution >= 4 is 0 Å². The molecule has 2 rings (SSSR count). The van der Waals surface area contributed by atoms with Gasteiger partial charge in [-0.2, -0.15) is 0 Å². The van der Waals surface area contributed by atoms with Gasteiger partial charge < -0.3 is 15.6 Å². The fourth-order valence-electron chi connectivity index (χ4n) is 1.74. The molecule has 3 nitrogen and oxygen atoms in total. The van der Waals surface area contributed by atoms with E-state index >= 15 is 0 Å². The molecule has 2 aromatic carbocycles. The van der Waals surface area contributed by atoms with E-state index in [1.807, 2.05) is 18.2 Å². The number of nitrogens with two attached hydrogens (primary N) is 1. The number of aliphatic hydroxyl groups excluding tert-OH is 1. The van der Waals surface area contributed by atoms with Gasteiger partial charge in [0.2, 0.25) is 0 Å². The highest BCUT2D eigenvalue weighted by Gasteiger charge is 2.37. The Kier molecular flexibility index (Phi) is 4.32. The molecule has 106 valence electrons. The number of hydrogen-bond donors (Lipinski definition) is 2. The predicted molar refractivity (Wildman–Crippen MR) is 71.9 cm³/mol. The highest BCUT2D eigenvalue weighted by atomic mass is 19.3. The van der Waals surface area contributed by atoms with Crippen LogP contribution in [0.25, 0.3) is 0 Å². The molecule has 0 aromatic heterocycles. The van der Waals surface area contributed by atoms with Crippen molar-refractivity contribution in [2.24, 2.45) is 5.73 Å². The lowest BCUT2D eigenvalue weighted by atomic mass is 10.0. The maximum absolute atomic E-state index is 13.4. The fourth-order valence-corrected chi connectivity index (χ4v) is 1.74. The Morgan fingerprint density at radius 1 is 1.05 bits per heavy atom. The van der Waals surface area contributed by atoms with Gasteiger partial charge in [0, 0.05) is 0 Å². The molecule has 0 bridgehead atoms. The van der Waals surface area contributed by atoms with Crippen LogP contribution in [-0.4, -0.2) is 17.6 Å². The SMILES string of the molecule is N[C@@H](c1cccc(Oc2ccccc2)c1)C(F)(F)CO. The topological polar surface area (TPSA) is 55.5 Å². The lowest BCUT2D eigenvalue weighted by Crippen LogP contribution is -2.36. The summed E-state index contributed by atoms with van der Waals surface area (Å²) in [5, 5.41) is 8.67. The lowest BCUT2D eigenvalue weighted by molar-refractivity contribution is -0.0712. The zero-order valence-electron chi connectivity index (χ0n) is 10.7. The molecule has 0 aliphatic rings. The molecular formula is C15H15F2NO2. The van der Waals surface area contributed by atoms with E-state index in [0.29, 0.717) is 11.5 Å². The van der Waals surface area contributed by atoms with Gasteiger partial charge in [0.1, 0.15) is 18.1 Å². The molecule has 5 heteroatoms. The van der Waals surface area contributed by atoms with Crippen LogP contribution in [0.3, 0.4) is 0 Å². The molecule has 0 amide bonds. The third-order valence-corrected chi connectivity index (χ3v) is 2.86. The summed E-state index contributed by atoms with van der Waals surface area (Å²) in [7, 11) is 0. The minimum absolute atomic E-state index is 0.206. The van der Waals surface area contributed by atoms with E-state index in [1.165, 1.54) is 12.1 Å². The van der Waals surface area contributed by atoms with E-state index < -0.39 is 18.6 Å². The molecule has 0 heterocycles. The third kappa shape index (κ3) is 3.31. The Morgan fingerprint density at radius 3 is 2.35 bits per heavy atom. The molecule has 0 spiro atoms. The van der Waals surface area contributed by atoms with E-state index in [4.69, 9.17) is 15.6 Å². The monoisotopic (exact) mass is 279 g/mol. The average molecular weight is 279 g/mol. The van der Waals surface area contributed by atoms with Crippen LogP contribution in [0.5, 0.6) is 11.5 Å². The molecule has 0 fully saturated rings. The molecule has 0 saturated heterocycles. The van der Waals surface area contributed by atoms with Gasteiger partial charge in [-0.3, -0.25) is 0 Å². The number of rotatable bonds is 5. The van der Waals surface area contributed by atoms with E-state index in [2.05, 4.69) is 0 Å². The summed E-state index contributed by atoms with van der Waals surface area (Å²) in [5.74, 6) is -2.35. The van der Waals surface area contributed by atoms with Crippen molar-refractivity contribution in [2.45, 2.75) is 12.0 Å². The van der Waals surface area contributed by atoms with Crippen molar-refractivity contribution in [1.29, 1.82) is 0 Å². The Morgan fingerprint density at radius 2 is 1.70 bits per heavy atom. The van der Waals surface area contributed by atoms with Crippen LogP contribution in [0.15, 0.2) is 54.6 Å². The molecule has 0 aliphatic heterocycles. The van der Waals surface area contributed by atoms with Crippen LogP contribution < -0.4 is 10.5 Å². The van der Waals surface area contributed by atoms with E-state index in [0.717, 1.165) is 0 Å². The Hall–Kier alpha value is -1.98. The fraction of sp³-hybridized carbons (Fsp3) is 0.200. The zero-order chi connectivity index (χ0) is 14.6. The minimum Gasteiger partial charge on any atom is -0.457 e. The molecular weight excluding hydrogens is 264 g/mol. The second kappa shape index (κ2) is 5.98. The summed E-state index contributed by atoms with van der Waals surface area (Å²) in [6.45, 7) is -1.29. The first kappa shape index (κ1) is 14.4. The van der Waals surface area contributed by atoms with Crippen LogP contribution in [0.4, 0.5) is 8.78 Å². The highest BCUT2D eigenvalue weighted by Crippen LogP contribution is 2.31. The van der Waals surface area contributed by atoms with Gasteiger partial charge in [0.25, 0.3) is 5.92 Å². The van der Waals surface area contributed by atoms with Crippen molar-refractivity contribution in [3.8, 4) is 11.5 Å². The van der Waals surface area contributed by atoms with Crippen molar-refractivity contribution in [3.05, 3.63) is 60.2 Å². The summed E-state index contributed by atoms with van der Waals surface area (Å²) < 4.78 is 32.3. The molecule has 0 radical (unpaired) electrons. The summed E-state index contributed by atoms with van der Waals surface area (Å²) in [6, 6.07) is 13.6.